The minimum absolute atomic E-state index is 0.177. The van der Waals surface area contributed by atoms with Crippen LogP contribution in [0.1, 0.15) is 31.8 Å². The number of hydrogen-bond donors (Lipinski definition) is 2. The van der Waals surface area contributed by atoms with Crippen molar-refractivity contribution in [1.29, 1.82) is 0 Å². The maximum absolute atomic E-state index is 13.3. The molecule has 7 heteroatoms. The Morgan fingerprint density at radius 2 is 1.43 bits per heavy atom. The number of para-hydroxylation sites is 1. The van der Waals surface area contributed by atoms with Gasteiger partial charge in [0.2, 0.25) is 5.91 Å². The first-order valence-electron chi connectivity index (χ1n) is 11.6. The van der Waals surface area contributed by atoms with Gasteiger partial charge < -0.3 is 15.4 Å². The number of benzene rings is 4. The molecular weight excluding hydrogens is 484 g/mol. The van der Waals surface area contributed by atoms with E-state index in [0.29, 0.717) is 28.1 Å². The van der Waals surface area contributed by atoms with Gasteiger partial charge in [-0.05, 0) is 55.5 Å². The van der Waals surface area contributed by atoms with Crippen LogP contribution in [0.5, 0.6) is 5.75 Å². The second-order valence-electron chi connectivity index (χ2n) is 8.26. The average molecular weight is 511 g/mol. The number of carbonyl (C=O) groups excluding carboxylic acids is 3. The van der Waals surface area contributed by atoms with Crippen LogP contribution in [-0.2, 0) is 4.79 Å². The van der Waals surface area contributed by atoms with E-state index in [4.69, 9.17) is 4.74 Å². The SMILES string of the molecule is COc1ccc(SCC(=O)Nc2ccccc2C(=O)Nc2ccc(C)cc2C(=O)c2ccccc2)cc1. The number of nitrogens with one attached hydrogen (secondary N) is 2. The topological polar surface area (TPSA) is 84.5 Å². The van der Waals surface area contributed by atoms with Gasteiger partial charge in [0.15, 0.2) is 5.78 Å². The van der Waals surface area contributed by atoms with E-state index in [1.54, 1.807) is 67.8 Å². The Balaban J connectivity index is 1.48. The normalized spacial score (nSPS) is 10.4. The van der Waals surface area contributed by atoms with E-state index in [2.05, 4.69) is 10.6 Å². The first-order valence-corrected chi connectivity index (χ1v) is 12.6. The molecule has 0 unspecified atom stereocenters. The van der Waals surface area contributed by atoms with Gasteiger partial charge in [0.05, 0.1) is 29.8 Å². The molecule has 0 atom stereocenters. The molecule has 0 aliphatic heterocycles. The predicted molar refractivity (Wildman–Crippen MR) is 148 cm³/mol. The summed E-state index contributed by atoms with van der Waals surface area (Å²) in [4.78, 5) is 40.0. The molecule has 6 nitrogen and oxygen atoms in total. The van der Waals surface area contributed by atoms with Crippen LogP contribution in [0.4, 0.5) is 11.4 Å². The quantitative estimate of drug-likeness (QED) is 0.206. The first kappa shape index (κ1) is 25.7. The van der Waals surface area contributed by atoms with Crippen molar-refractivity contribution in [2.75, 3.05) is 23.5 Å². The molecule has 2 N–H and O–H groups in total. The van der Waals surface area contributed by atoms with Gasteiger partial charge in [0.25, 0.3) is 5.91 Å². The number of carbonyl (C=O) groups is 3. The van der Waals surface area contributed by atoms with Crippen molar-refractivity contribution >= 4 is 40.7 Å². The van der Waals surface area contributed by atoms with E-state index in [1.165, 1.54) is 11.8 Å². The molecular formula is C30H26N2O4S. The number of rotatable bonds is 9. The third kappa shape index (κ3) is 6.65. The van der Waals surface area contributed by atoms with Crippen molar-refractivity contribution in [3.05, 3.63) is 119 Å². The molecule has 4 aromatic rings. The number of anilines is 2. The summed E-state index contributed by atoms with van der Waals surface area (Å²) in [6.45, 7) is 1.89. The lowest BCUT2D eigenvalue weighted by Gasteiger charge is -2.14. The van der Waals surface area contributed by atoms with Crippen LogP contribution in [0.2, 0.25) is 0 Å². The number of aryl methyl sites for hydroxylation is 1. The van der Waals surface area contributed by atoms with E-state index in [0.717, 1.165) is 16.2 Å². The molecule has 0 fully saturated rings. The number of ether oxygens (including phenoxy) is 1. The number of thioether (sulfide) groups is 1. The largest absolute Gasteiger partial charge is 0.497 e. The third-order valence-electron chi connectivity index (χ3n) is 5.58. The molecule has 37 heavy (non-hydrogen) atoms. The Morgan fingerprint density at radius 3 is 2.16 bits per heavy atom. The van der Waals surface area contributed by atoms with Gasteiger partial charge in [-0.2, -0.15) is 0 Å². The fraction of sp³-hybridized carbons (Fsp3) is 0.100. The second-order valence-corrected chi connectivity index (χ2v) is 9.31. The molecule has 0 saturated carbocycles. The van der Waals surface area contributed by atoms with Gasteiger partial charge in [0.1, 0.15) is 5.75 Å². The van der Waals surface area contributed by atoms with Crippen LogP contribution in [0, 0.1) is 6.92 Å². The monoisotopic (exact) mass is 510 g/mol. The highest BCUT2D eigenvalue weighted by Gasteiger charge is 2.18. The standard InChI is InChI=1S/C30H26N2O4S/c1-20-12-17-27(25(18-20)29(34)21-8-4-3-5-9-21)32-30(35)24-10-6-7-11-26(24)31-28(33)19-37-23-15-13-22(36-2)14-16-23/h3-18H,19H2,1-2H3,(H,31,33)(H,32,35). The Morgan fingerprint density at radius 1 is 0.757 bits per heavy atom. The van der Waals surface area contributed by atoms with Gasteiger partial charge in [-0.15, -0.1) is 11.8 Å². The minimum Gasteiger partial charge on any atom is -0.497 e. The van der Waals surface area contributed by atoms with Crippen LogP contribution < -0.4 is 15.4 Å². The van der Waals surface area contributed by atoms with Crippen molar-refractivity contribution in [2.24, 2.45) is 0 Å². The molecule has 0 aliphatic rings. The highest BCUT2D eigenvalue weighted by atomic mass is 32.2. The lowest BCUT2D eigenvalue weighted by Crippen LogP contribution is -2.20. The van der Waals surface area contributed by atoms with Crippen LogP contribution in [0.15, 0.2) is 102 Å². The lowest BCUT2D eigenvalue weighted by molar-refractivity contribution is -0.113. The Bertz CT molecular complexity index is 1420. The van der Waals surface area contributed by atoms with Crippen LogP contribution >= 0.6 is 11.8 Å². The molecule has 0 heterocycles. The summed E-state index contributed by atoms with van der Waals surface area (Å²) in [5.74, 6) is 0.0735. The summed E-state index contributed by atoms with van der Waals surface area (Å²) in [7, 11) is 1.60. The van der Waals surface area contributed by atoms with Crippen molar-refractivity contribution in [3.63, 3.8) is 0 Å². The fourth-order valence-electron chi connectivity index (χ4n) is 3.69. The van der Waals surface area contributed by atoms with E-state index in [1.807, 2.05) is 43.3 Å². The maximum atomic E-state index is 13.3. The summed E-state index contributed by atoms with van der Waals surface area (Å²) in [6, 6.07) is 28.5. The van der Waals surface area contributed by atoms with Crippen molar-refractivity contribution in [1.82, 2.24) is 0 Å². The highest BCUT2D eigenvalue weighted by Crippen LogP contribution is 2.25. The Labute approximate surface area is 220 Å². The molecule has 4 rings (SSSR count). The molecule has 186 valence electrons. The lowest BCUT2D eigenvalue weighted by atomic mass is 9.99. The summed E-state index contributed by atoms with van der Waals surface area (Å²) < 4.78 is 5.16. The van der Waals surface area contributed by atoms with Gasteiger partial charge in [0, 0.05) is 16.0 Å². The Hall–Kier alpha value is -4.36. The van der Waals surface area contributed by atoms with E-state index >= 15 is 0 Å². The number of methoxy groups -OCH3 is 1. The second kappa shape index (κ2) is 12.1. The molecule has 0 aromatic heterocycles. The highest BCUT2D eigenvalue weighted by molar-refractivity contribution is 8.00. The zero-order valence-corrected chi connectivity index (χ0v) is 21.3. The van der Waals surface area contributed by atoms with Gasteiger partial charge >= 0.3 is 0 Å². The van der Waals surface area contributed by atoms with Gasteiger partial charge in [-0.25, -0.2) is 0 Å². The Kier molecular flexibility index (Phi) is 8.38. The van der Waals surface area contributed by atoms with E-state index in [-0.39, 0.29) is 17.4 Å². The van der Waals surface area contributed by atoms with Crippen LogP contribution in [0.25, 0.3) is 0 Å². The van der Waals surface area contributed by atoms with Crippen molar-refractivity contribution in [3.8, 4) is 5.75 Å². The average Bonchev–Trinajstić information content (AvgIpc) is 2.93. The third-order valence-corrected chi connectivity index (χ3v) is 6.59. The minimum atomic E-state index is -0.426. The summed E-state index contributed by atoms with van der Waals surface area (Å²) in [5.41, 5.74) is 2.93. The van der Waals surface area contributed by atoms with E-state index in [9.17, 15) is 14.4 Å². The van der Waals surface area contributed by atoms with Gasteiger partial charge in [-0.1, -0.05) is 54.1 Å². The smallest absolute Gasteiger partial charge is 0.257 e. The zero-order valence-electron chi connectivity index (χ0n) is 20.5. The van der Waals surface area contributed by atoms with E-state index < -0.39 is 5.91 Å². The van der Waals surface area contributed by atoms with Crippen LogP contribution in [-0.4, -0.2) is 30.5 Å². The molecule has 4 aromatic carbocycles. The molecule has 0 spiro atoms. The zero-order chi connectivity index (χ0) is 26.2. The molecule has 0 aliphatic carbocycles. The summed E-state index contributed by atoms with van der Waals surface area (Å²) in [5, 5.41) is 5.69. The number of amides is 2. The fourth-order valence-corrected chi connectivity index (χ4v) is 4.39. The predicted octanol–water partition coefficient (Wildman–Crippen LogP) is 6.22. The summed E-state index contributed by atoms with van der Waals surface area (Å²) in [6.07, 6.45) is 0. The number of hydrogen-bond acceptors (Lipinski definition) is 5. The molecule has 2 amide bonds. The van der Waals surface area contributed by atoms with Crippen molar-refractivity contribution in [2.45, 2.75) is 11.8 Å². The number of ketones is 1. The molecule has 0 radical (unpaired) electrons. The maximum Gasteiger partial charge on any atom is 0.257 e. The van der Waals surface area contributed by atoms with Crippen molar-refractivity contribution < 1.29 is 19.1 Å². The molecule has 0 bridgehead atoms. The first-order chi connectivity index (χ1) is 17.9. The molecule has 0 saturated heterocycles. The summed E-state index contributed by atoms with van der Waals surface area (Å²) >= 11 is 1.38. The van der Waals surface area contributed by atoms with Crippen LogP contribution in [0.3, 0.4) is 0 Å². The van der Waals surface area contributed by atoms with Gasteiger partial charge in [-0.3, -0.25) is 14.4 Å².